The molecule has 1 heteroatoms. The predicted molar refractivity (Wildman–Crippen MR) is 179 cm³/mol. The molecule has 0 saturated carbocycles. The Morgan fingerprint density at radius 2 is 1.40 bits per heavy atom. The Balaban J connectivity index is 1.91. The Labute approximate surface area is 245 Å². The SMILES string of the molecule is CCCCCCCCc1cc(N=C(C)C(=Cc2cc(C)cc(-c3ccccc3)c2)CC)cc(CC)c1CCCC. The van der Waals surface area contributed by atoms with E-state index >= 15 is 0 Å². The van der Waals surface area contributed by atoms with Crippen LogP contribution in [0.4, 0.5) is 5.69 Å². The summed E-state index contributed by atoms with van der Waals surface area (Å²) in [6, 6.07) is 22.3. The minimum Gasteiger partial charge on any atom is -0.253 e. The molecule has 0 aliphatic heterocycles. The van der Waals surface area contributed by atoms with E-state index < -0.39 is 0 Å². The van der Waals surface area contributed by atoms with E-state index in [1.807, 2.05) is 0 Å². The lowest BCUT2D eigenvalue weighted by Crippen LogP contribution is -2.02. The topological polar surface area (TPSA) is 12.4 Å². The highest BCUT2D eigenvalue weighted by molar-refractivity contribution is 6.03. The van der Waals surface area contributed by atoms with E-state index in [1.165, 1.54) is 97.6 Å². The van der Waals surface area contributed by atoms with Crippen molar-refractivity contribution in [1.29, 1.82) is 0 Å². The number of aryl methyl sites for hydroxylation is 3. The largest absolute Gasteiger partial charge is 0.253 e. The molecular weight excluding hydrogens is 482 g/mol. The van der Waals surface area contributed by atoms with Crippen LogP contribution in [-0.2, 0) is 19.3 Å². The molecule has 3 aromatic carbocycles. The van der Waals surface area contributed by atoms with E-state index in [9.17, 15) is 0 Å². The van der Waals surface area contributed by atoms with Gasteiger partial charge in [0.25, 0.3) is 0 Å². The summed E-state index contributed by atoms with van der Waals surface area (Å²) in [4.78, 5) is 5.24. The third kappa shape index (κ3) is 9.61. The molecule has 1 nitrogen and oxygen atoms in total. The van der Waals surface area contributed by atoms with Gasteiger partial charge < -0.3 is 0 Å². The number of hydrogen-bond donors (Lipinski definition) is 0. The van der Waals surface area contributed by atoms with Gasteiger partial charge in [0.2, 0.25) is 0 Å². The molecule has 0 saturated heterocycles. The van der Waals surface area contributed by atoms with Gasteiger partial charge in [0.1, 0.15) is 0 Å². The van der Waals surface area contributed by atoms with E-state index in [0.29, 0.717) is 0 Å². The average molecular weight is 536 g/mol. The summed E-state index contributed by atoms with van der Waals surface area (Å²) >= 11 is 0. The number of unbranched alkanes of at least 4 members (excludes halogenated alkanes) is 6. The van der Waals surface area contributed by atoms with Crippen molar-refractivity contribution in [2.24, 2.45) is 4.99 Å². The maximum Gasteiger partial charge on any atom is 0.0638 e. The van der Waals surface area contributed by atoms with E-state index in [4.69, 9.17) is 4.99 Å². The zero-order valence-corrected chi connectivity index (χ0v) is 26.3. The van der Waals surface area contributed by atoms with E-state index in [2.05, 4.69) is 108 Å². The number of nitrogens with zero attached hydrogens (tertiary/aromatic N) is 1. The first-order chi connectivity index (χ1) is 19.5. The lowest BCUT2D eigenvalue weighted by Gasteiger charge is -2.16. The fraction of sp³-hybridized carbons (Fsp3) is 0.462. The number of rotatable bonds is 16. The zero-order valence-electron chi connectivity index (χ0n) is 26.3. The van der Waals surface area contributed by atoms with Crippen LogP contribution < -0.4 is 0 Å². The fourth-order valence-corrected chi connectivity index (χ4v) is 5.77. The van der Waals surface area contributed by atoms with Crippen molar-refractivity contribution in [2.45, 2.75) is 119 Å². The third-order valence-corrected chi connectivity index (χ3v) is 8.07. The minimum atomic E-state index is 0.962. The van der Waals surface area contributed by atoms with E-state index in [0.717, 1.165) is 24.2 Å². The van der Waals surface area contributed by atoms with Gasteiger partial charge in [-0.25, -0.2) is 0 Å². The van der Waals surface area contributed by atoms with Gasteiger partial charge in [0.15, 0.2) is 0 Å². The normalized spacial score (nSPS) is 12.2. The standard InChI is InChI=1S/C39H53N/c1-7-11-13-14-15-17-22-36-29-38(28-34(10-4)39(36)23-12-8-2)40-31(6)33(9-3)26-32-24-30(5)25-37(27-32)35-20-18-16-19-21-35/h16,18-21,24-29H,7-15,17,22-23H2,1-6H3. The summed E-state index contributed by atoms with van der Waals surface area (Å²) in [5, 5.41) is 0. The number of aliphatic imine (C=N–C) groups is 1. The van der Waals surface area contributed by atoms with Crippen LogP contribution in [0.15, 0.2) is 71.2 Å². The maximum absolute atomic E-state index is 5.24. The van der Waals surface area contributed by atoms with Crippen LogP contribution in [0.3, 0.4) is 0 Å². The van der Waals surface area contributed by atoms with Gasteiger partial charge in [-0.15, -0.1) is 0 Å². The maximum atomic E-state index is 5.24. The third-order valence-electron chi connectivity index (χ3n) is 8.07. The highest BCUT2D eigenvalue weighted by Crippen LogP contribution is 2.29. The van der Waals surface area contributed by atoms with Gasteiger partial charge in [-0.2, -0.15) is 0 Å². The number of allylic oxidation sites excluding steroid dienone is 1. The Hall–Kier alpha value is -2.93. The van der Waals surface area contributed by atoms with Crippen molar-refractivity contribution < 1.29 is 0 Å². The summed E-state index contributed by atoms with van der Waals surface area (Å²) in [6.45, 7) is 13.5. The van der Waals surface area contributed by atoms with Crippen molar-refractivity contribution in [3.63, 3.8) is 0 Å². The molecule has 0 aromatic heterocycles. The molecular formula is C39H53N. The number of benzene rings is 3. The van der Waals surface area contributed by atoms with Crippen LogP contribution in [0.2, 0.25) is 0 Å². The van der Waals surface area contributed by atoms with Crippen LogP contribution in [0, 0.1) is 6.92 Å². The summed E-state index contributed by atoms with van der Waals surface area (Å²) < 4.78 is 0. The molecule has 0 bridgehead atoms. The van der Waals surface area contributed by atoms with Crippen LogP contribution in [0.5, 0.6) is 0 Å². The molecule has 40 heavy (non-hydrogen) atoms. The Kier molecular flexibility index (Phi) is 13.4. The Morgan fingerprint density at radius 1 is 0.700 bits per heavy atom. The zero-order chi connectivity index (χ0) is 28.7. The van der Waals surface area contributed by atoms with Gasteiger partial charge in [0, 0.05) is 5.71 Å². The van der Waals surface area contributed by atoms with Crippen molar-refractivity contribution >= 4 is 17.5 Å². The second-order valence-electron chi connectivity index (χ2n) is 11.4. The predicted octanol–water partition coefficient (Wildman–Crippen LogP) is 12.1. The molecule has 0 N–H and O–H groups in total. The van der Waals surface area contributed by atoms with Crippen LogP contribution in [-0.4, -0.2) is 5.71 Å². The summed E-state index contributed by atoms with van der Waals surface area (Å²) in [6.07, 6.45) is 17.3. The van der Waals surface area contributed by atoms with Crippen molar-refractivity contribution in [1.82, 2.24) is 0 Å². The van der Waals surface area contributed by atoms with Crippen molar-refractivity contribution in [3.8, 4) is 11.1 Å². The van der Waals surface area contributed by atoms with E-state index in [-0.39, 0.29) is 0 Å². The highest BCUT2D eigenvalue weighted by Gasteiger charge is 2.11. The van der Waals surface area contributed by atoms with Gasteiger partial charge in [-0.1, -0.05) is 109 Å². The second kappa shape index (κ2) is 17.0. The summed E-state index contributed by atoms with van der Waals surface area (Å²) in [5.74, 6) is 0. The van der Waals surface area contributed by atoms with Gasteiger partial charge in [0.05, 0.1) is 5.69 Å². The molecule has 0 unspecified atom stereocenters. The quantitative estimate of drug-likeness (QED) is 0.128. The molecule has 0 aliphatic rings. The lowest BCUT2D eigenvalue weighted by atomic mass is 9.91. The molecule has 0 amide bonds. The molecule has 0 atom stereocenters. The monoisotopic (exact) mass is 535 g/mol. The average Bonchev–Trinajstić information content (AvgIpc) is 2.96. The van der Waals surface area contributed by atoms with Crippen LogP contribution >= 0.6 is 0 Å². The molecule has 0 radical (unpaired) electrons. The molecule has 0 fully saturated rings. The molecule has 3 rings (SSSR count). The highest BCUT2D eigenvalue weighted by atomic mass is 14.7. The first kappa shape index (κ1) is 31.6. The summed E-state index contributed by atoms with van der Waals surface area (Å²) in [5.41, 5.74) is 13.3. The van der Waals surface area contributed by atoms with Crippen molar-refractivity contribution in [2.75, 3.05) is 0 Å². The lowest BCUT2D eigenvalue weighted by molar-refractivity contribution is 0.606. The van der Waals surface area contributed by atoms with Gasteiger partial charge in [-0.3, -0.25) is 4.99 Å². The van der Waals surface area contributed by atoms with Crippen LogP contribution in [0.1, 0.15) is 120 Å². The van der Waals surface area contributed by atoms with Gasteiger partial charge >= 0.3 is 0 Å². The first-order valence-electron chi connectivity index (χ1n) is 16.1. The molecule has 0 heterocycles. The molecule has 3 aromatic rings. The fourth-order valence-electron chi connectivity index (χ4n) is 5.77. The summed E-state index contributed by atoms with van der Waals surface area (Å²) in [7, 11) is 0. The van der Waals surface area contributed by atoms with Crippen LogP contribution in [0.25, 0.3) is 17.2 Å². The van der Waals surface area contributed by atoms with Crippen molar-refractivity contribution in [3.05, 3.63) is 94.1 Å². The van der Waals surface area contributed by atoms with E-state index in [1.54, 1.807) is 11.1 Å². The Bertz CT molecular complexity index is 1250. The smallest absolute Gasteiger partial charge is 0.0638 e. The molecule has 0 aliphatic carbocycles. The molecule has 0 spiro atoms. The first-order valence-corrected chi connectivity index (χ1v) is 16.1. The Morgan fingerprint density at radius 3 is 2.10 bits per heavy atom. The minimum absolute atomic E-state index is 0.962. The molecule has 214 valence electrons. The van der Waals surface area contributed by atoms with Gasteiger partial charge in [-0.05, 0) is 121 Å². The second-order valence-corrected chi connectivity index (χ2v) is 11.4. The number of hydrogen-bond acceptors (Lipinski definition) is 1.